The summed E-state index contributed by atoms with van der Waals surface area (Å²) in [5.41, 5.74) is 0. The third-order valence-electron chi connectivity index (χ3n) is 3.99. The number of hydrogen-bond donors (Lipinski definition) is 0. The summed E-state index contributed by atoms with van der Waals surface area (Å²) in [6.45, 7) is 0. The van der Waals surface area contributed by atoms with Crippen molar-refractivity contribution in [3.63, 3.8) is 0 Å². The molecule has 0 aliphatic heterocycles. The van der Waals surface area contributed by atoms with E-state index in [1.54, 1.807) is 0 Å². The van der Waals surface area contributed by atoms with Crippen LogP contribution in [0.2, 0.25) is 0 Å². The highest BCUT2D eigenvalue weighted by Crippen LogP contribution is 2.45. The molecule has 0 nitrogen and oxygen atoms in total. The van der Waals surface area contributed by atoms with Gasteiger partial charge in [-0.3, -0.25) is 0 Å². The third-order valence-corrected chi connectivity index (χ3v) is 7.35. The Bertz CT molecular complexity index is 1090. The lowest BCUT2D eigenvalue weighted by molar-refractivity contribution is 0.528. The largest absolute Gasteiger partial charge is 0.206 e. The number of benzene rings is 4. The van der Waals surface area contributed by atoms with E-state index in [0.29, 0.717) is 9.79 Å². The van der Waals surface area contributed by atoms with Crippen molar-refractivity contribution in [3.05, 3.63) is 109 Å². The molecule has 0 bridgehead atoms. The summed E-state index contributed by atoms with van der Waals surface area (Å²) in [6, 6.07) is 29.7. The van der Waals surface area contributed by atoms with Gasteiger partial charge in [0, 0.05) is 14.7 Å². The second-order valence-electron chi connectivity index (χ2n) is 6.07. The van der Waals surface area contributed by atoms with E-state index in [2.05, 4.69) is 0 Å². The fourth-order valence-electron chi connectivity index (χ4n) is 2.65. The summed E-state index contributed by atoms with van der Waals surface area (Å²) in [4.78, 5) is 3.49. The first kappa shape index (κ1) is 20.1. The minimum Gasteiger partial charge on any atom is -0.206 e. The number of halogens is 2. The van der Waals surface area contributed by atoms with Crippen molar-refractivity contribution < 1.29 is 8.78 Å². The molecule has 0 aliphatic carbocycles. The van der Waals surface area contributed by atoms with Gasteiger partial charge in [0.05, 0.1) is 14.7 Å². The SMILES string of the molecule is Fc1cc(Sc2ccccc2)c(F)c(Sc2ccccc2)c1Sc1ccccc1. The van der Waals surface area contributed by atoms with Crippen molar-refractivity contribution in [2.75, 3.05) is 0 Å². The van der Waals surface area contributed by atoms with E-state index in [1.807, 2.05) is 91.0 Å². The molecule has 144 valence electrons. The van der Waals surface area contributed by atoms with Crippen LogP contribution in [0.3, 0.4) is 0 Å². The Morgan fingerprint density at radius 1 is 0.483 bits per heavy atom. The van der Waals surface area contributed by atoms with Gasteiger partial charge in [-0.15, -0.1) is 0 Å². The van der Waals surface area contributed by atoms with Gasteiger partial charge in [-0.1, -0.05) is 89.9 Å². The van der Waals surface area contributed by atoms with Gasteiger partial charge >= 0.3 is 0 Å². The fraction of sp³-hybridized carbons (Fsp3) is 0. The maximum absolute atomic E-state index is 15.6. The summed E-state index contributed by atoms with van der Waals surface area (Å²) >= 11 is 3.72. The Balaban J connectivity index is 1.78. The minimum absolute atomic E-state index is 0.282. The average Bonchev–Trinajstić information content (AvgIpc) is 2.76. The van der Waals surface area contributed by atoms with Gasteiger partial charge in [-0.25, -0.2) is 8.78 Å². The zero-order valence-electron chi connectivity index (χ0n) is 15.2. The minimum atomic E-state index is -0.419. The molecule has 0 atom stereocenters. The van der Waals surface area contributed by atoms with Crippen LogP contribution in [0.5, 0.6) is 0 Å². The Morgan fingerprint density at radius 2 is 0.897 bits per heavy atom. The van der Waals surface area contributed by atoms with Crippen LogP contribution < -0.4 is 0 Å². The second-order valence-corrected chi connectivity index (χ2v) is 9.36. The molecule has 0 N–H and O–H groups in total. The lowest BCUT2D eigenvalue weighted by atomic mass is 10.3. The van der Waals surface area contributed by atoms with Crippen LogP contribution >= 0.6 is 35.3 Å². The summed E-state index contributed by atoms with van der Waals surface area (Å²) in [5.74, 6) is -0.815. The van der Waals surface area contributed by atoms with E-state index in [4.69, 9.17) is 0 Å². The molecular weight excluding hydrogens is 422 g/mol. The molecule has 29 heavy (non-hydrogen) atoms. The molecule has 0 spiro atoms. The molecule has 4 rings (SSSR count). The zero-order valence-corrected chi connectivity index (χ0v) is 17.7. The van der Waals surface area contributed by atoms with Crippen LogP contribution in [0.15, 0.2) is 126 Å². The molecule has 0 aliphatic rings. The Morgan fingerprint density at radius 3 is 1.38 bits per heavy atom. The van der Waals surface area contributed by atoms with Gasteiger partial charge in [0.1, 0.15) is 5.82 Å². The predicted octanol–water partition coefficient (Wildman–Crippen LogP) is 8.42. The third kappa shape index (κ3) is 5.04. The summed E-state index contributed by atoms with van der Waals surface area (Å²) in [7, 11) is 0. The maximum Gasteiger partial charge on any atom is 0.152 e. The van der Waals surface area contributed by atoms with Crippen molar-refractivity contribution in [1.29, 1.82) is 0 Å². The molecular formula is C24H16F2S3. The first-order valence-corrected chi connectivity index (χ1v) is 11.4. The molecule has 0 saturated heterocycles. The number of rotatable bonds is 6. The van der Waals surface area contributed by atoms with Crippen LogP contribution in [0.1, 0.15) is 0 Å². The highest BCUT2D eigenvalue weighted by Gasteiger charge is 2.21. The van der Waals surface area contributed by atoms with Gasteiger partial charge < -0.3 is 0 Å². The quantitative estimate of drug-likeness (QED) is 0.296. The number of hydrogen-bond acceptors (Lipinski definition) is 3. The molecule has 0 radical (unpaired) electrons. The lowest BCUT2D eigenvalue weighted by Crippen LogP contribution is -1.95. The van der Waals surface area contributed by atoms with E-state index in [-0.39, 0.29) is 4.90 Å². The second kappa shape index (κ2) is 9.53. The van der Waals surface area contributed by atoms with Gasteiger partial charge in [0.15, 0.2) is 5.82 Å². The van der Waals surface area contributed by atoms with E-state index < -0.39 is 11.6 Å². The monoisotopic (exact) mass is 438 g/mol. The Labute approximate surface area is 181 Å². The first-order valence-electron chi connectivity index (χ1n) is 8.91. The van der Waals surface area contributed by atoms with Gasteiger partial charge in [-0.05, 0) is 42.5 Å². The molecule has 4 aromatic carbocycles. The molecule has 0 unspecified atom stereocenters. The summed E-state index contributed by atoms with van der Waals surface area (Å²) in [6.07, 6.45) is 0. The molecule has 0 saturated carbocycles. The van der Waals surface area contributed by atoms with Crippen molar-refractivity contribution in [2.45, 2.75) is 29.4 Å². The van der Waals surface area contributed by atoms with Crippen LogP contribution in [0.4, 0.5) is 8.78 Å². The van der Waals surface area contributed by atoms with Gasteiger partial charge in [0.25, 0.3) is 0 Å². The maximum atomic E-state index is 15.6. The van der Waals surface area contributed by atoms with E-state index in [9.17, 15) is 0 Å². The molecule has 0 heterocycles. The van der Waals surface area contributed by atoms with Crippen molar-refractivity contribution in [2.24, 2.45) is 0 Å². The van der Waals surface area contributed by atoms with Crippen LogP contribution in [-0.2, 0) is 0 Å². The highest BCUT2D eigenvalue weighted by molar-refractivity contribution is 8.02. The Hall–Kier alpha value is -2.21. The van der Waals surface area contributed by atoms with E-state index in [0.717, 1.165) is 14.7 Å². The smallest absolute Gasteiger partial charge is 0.152 e. The van der Waals surface area contributed by atoms with Crippen molar-refractivity contribution >= 4 is 35.3 Å². The van der Waals surface area contributed by atoms with Crippen LogP contribution in [-0.4, -0.2) is 0 Å². The van der Waals surface area contributed by atoms with Crippen LogP contribution in [0.25, 0.3) is 0 Å². The van der Waals surface area contributed by atoms with Crippen LogP contribution in [0, 0.1) is 11.6 Å². The van der Waals surface area contributed by atoms with Gasteiger partial charge in [-0.2, -0.15) is 0 Å². The van der Waals surface area contributed by atoms with Crippen molar-refractivity contribution in [3.8, 4) is 0 Å². The fourth-order valence-corrected chi connectivity index (χ4v) is 5.65. The molecule has 4 aromatic rings. The molecule has 5 heteroatoms. The molecule has 0 amide bonds. The highest BCUT2D eigenvalue weighted by atomic mass is 32.2. The molecule has 0 fully saturated rings. The average molecular weight is 439 g/mol. The van der Waals surface area contributed by atoms with Crippen molar-refractivity contribution in [1.82, 2.24) is 0 Å². The Kier molecular flexibility index (Phi) is 6.60. The summed E-state index contributed by atoms with van der Waals surface area (Å²) < 4.78 is 30.7. The van der Waals surface area contributed by atoms with E-state index >= 15 is 8.78 Å². The topological polar surface area (TPSA) is 0 Å². The zero-order chi connectivity index (χ0) is 20.1. The standard InChI is InChI=1S/C24H16F2S3/c25-20-16-21(27-17-10-4-1-5-11-17)22(26)24(29-19-14-8-3-9-15-19)23(20)28-18-12-6-2-7-13-18/h1-16H. The van der Waals surface area contributed by atoms with E-state index in [1.165, 1.54) is 41.4 Å². The van der Waals surface area contributed by atoms with Gasteiger partial charge in [0.2, 0.25) is 0 Å². The summed E-state index contributed by atoms with van der Waals surface area (Å²) in [5, 5.41) is 0. The molecule has 0 aromatic heterocycles. The predicted molar refractivity (Wildman–Crippen MR) is 118 cm³/mol. The normalized spacial score (nSPS) is 10.8. The first-order chi connectivity index (χ1) is 14.2. The lowest BCUT2D eigenvalue weighted by Gasteiger charge is -2.14.